The van der Waals surface area contributed by atoms with Crippen LogP contribution in [0.3, 0.4) is 0 Å². The highest BCUT2D eigenvalue weighted by Gasteiger charge is 2.40. The van der Waals surface area contributed by atoms with Gasteiger partial charge in [0.25, 0.3) is 11.8 Å². The normalized spacial score (nSPS) is 18.3. The molecule has 2 fully saturated rings. The summed E-state index contributed by atoms with van der Waals surface area (Å²) in [6.07, 6.45) is 6.02. The number of halogens is 2. The number of amides is 4. The monoisotopic (exact) mass is 594 g/mol. The summed E-state index contributed by atoms with van der Waals surface area (Å²) in [4.78, 5) is 39.3. The SMILES string of the molecule is COc1cc(C=C2C(=O)NC(=O)N(C3CCCCC3)C2=O)cc(I)c1OCc1ccc(Cl)cc1. The van der Waals surface area contributed by atoms with Gasteiger partial charge in [-0.25, -0.2) is 4.79 Å². The second kappa shape index (κ2) is 10.8. The molecule has 178 valence electrons. The molecule has 4 amide bonds. The number of barbiturate groups is 1. The molecule has 1 saturated carbocycles. The van der Waals surface area contributed by atoms with E-state index in [-0.39, 0.29) is 11.6 Å². The quantitative estimate of drug-likeness (QED) is 0.278. The lowest BCUT2D eigenvalue weighted by molar-refractivity contribution is -0.132. The van der Waals surface area contributed by atoms with Crippen LogP contribution in [0.2, 0.25) is 5.02 Å². The molecular weight excluding hydrogens is 571 g/mol. The summed E-state index contributed by atoms with van der Waals surface area (Å²) in [5.41, 5.74) is 1.47. The van der Waals surface area contributed by atoms with Gasteiger partial charge in [-0.2, -0.15) is 0 Å². The minimum absolute atomic E-state index is 0.0714. The van der Waals surface area contributed by atoms with E-state index in [1.54, 1.807) is 24.3 Å². The van der Waals surface area contributed by atoms with Crippen LogP contribution in [0.5, 0.6) is 11.5 Å². The highest BCUT2D eigenvalue weighted by molar-refractivity contribution is 14.1. The first-order chi connectivity index (χ1) is 16.4. The molecule has 2 aromatic rings. The third-order valence-corrected chi connectivity index (χ3v) is 6.99. The van der Waals surface area contributed by atoms with Crippen LogP contribution >= 0.6 is 34.2 Å². The molecule has 0 bridgehead atoms. The second-order valence-electron chi connectivity index (χ2n) is 8.23. The van der Waals surface area contributed by atoms with Crippen LogP contribution < -0.4 is 14.8 Å². The third kappa shape index (κ3) is 5.38. The summed E-state index contributed by atoms with van der Waals surface area (Å²) in [5.74, 6) is -0.230. The maximum atomic E-state index is 13.1. The molecule has 1 heterocycles. The number of imide groups is 2. The van der Waals surface area contributed by atoms with Crippen LogP contribution in [0.4, 0.5) is 4.79 Å². The van der Waals surface area contributed by atoms with E-state index in [9.17, 15) is 14.4 Å². The first-order valence-electron chi connectivity index (χ1n) is 11.0. The average Bonchev–Trinajstić information content (AvgIpc) is 2.82. The van der Waals surface area contributed by atoms with Crippen molar-refractivity contribution in [3.63, 3.8) is 0 Å². The number of benzene rings is 2. The maximum Gasteiger partial charge on any atom is 0.331 e. The summed E-state index contributed by atoms with van der Waals surface area (Å²) >= 11 is 8.06. The Morgan fingerprint density at radius 1 is 1.12 bits per heavy atom. The van der Waals surface area contributed by atoms with Gasteiger partial charge >= 0.3 is 6.03 Å². The van der Waals surface area contributed by atoms with Crippen LogP contribution in [0.15, 0.2) is 42.0 Å². The number of carbonyl (C=O) groups is 3. The van der Waals surface area contributed by atoms with Crippen LogP contribution in [0, 0.1) is 3.57 Å². The molecule has 0 spiro atoms. The highest BCUT2D eigenvalue weighted by atomic mass is 127. The van der Waals surface area contributed by atoms with Crippen molar-refractivity contribution in [3.05, 3.63) is 61.7 Å². The Kier molecular flexibility index (Phi) is 7.77. The minimum Gasteiger partial charge on any atom is -0.493 e. The van der Waals surface area contributed by atoms with E-state index in [2.05, 4.69) is 27.9 Å². The Morgan fingerprint density at radius 2 is 1.82 bits per heavy atom. The fraction of sp³-hybridized carbons (Fsp3) is 0.320. The Balaban J connectivity index is 1.59. The minimum atomic E-state index is -0.695. The number of methoxy groups -OCH3 is 1. The van der Waals surface area contributed by atoms with Gasteiger partial charge in [0.05, 0.1) is 10.7 Å². The van der Waals surface area contributed by atoms with Crippen molar-refractivity contribution < 1.29 is 23.9 Å². The van der Waals surface area contributed by atoms with Gasteiger partial charge in [0.15, 0.2) is 11.5 Å². The molecule has 2 aromatic carbocycles. The van der Waals surface area contributed by atoms with Gasteiger partial charge in [-0.3, -0.25) is 19.8 Å². The summed E-state index contributed by atoms with van der Waals surface area (Å²) in [6, 6.07) is 10.0. The molecule has 0 unspecified atom stereocenters. The summed E-state index contributed by atoms with van der Waals surface area (Å²) in [7, 11) is 1.53. The third-order valence-electron chi connectivity index (χ3n) is 5.93. The summed E-state index contributed by atoms with van der Waals surface area (Å²) < 4.78 is 12.3. The summed E-state index contributed by atoms with van der Waals surface area (Å²) in [5, 5.41) is 2.97. The van der Waals surface area contributed by atoms with Crippen LogP contribution in [-0.2, 0) is 16.2 Å². The summed E-state index contributed by atoms with van der Waals surface area (Å²) in [6.45, 7) is 0.323. The van der Waals surface area contributed by atoms with Crippen molar-refractivity contribution in [3.8, 4) is 11.5 Å². The largest absolute Gasteiger partial charge is 0.493 e. The van der Waals surface area contributed by atoms with E-state index in [0.717, 1.165) is 41.2 Å². The molecule has 7 nitrogen and oxygen atoms in total. The Bertz CT molecular complexity index is 1140. The number of nitrogens with one attached hydrogen (secondary N) is 1. The Hall–Kier alpha value is -2.59. The molecule has 1 saturated heterocycles. The predicted octanol–water partition coefficient (Wildman–Crippen LogP) is 5.33. The maximum absolute atomic E-state index is 13.1. The van der Waals surface area contributed by atoms with E-state index in [0.29, 0.717) is 28.7 Å². The van der Waals surface area contributed by atoms with E-state index in [1.165, 1.54) is 18.1 Å². The van der Waals surface area contributed by atoms with E-state index >= 15 is 0 Å². The van der Waals surface area contributed by atoms with Crippen LogP contribution in [0.25, 0.3) is 6.08 Å². The number of hydrogen-bond donors (Lipinski definition) is 1. The Labute approximate surface area is 216 Å². The molecule has 4 rings (SSSR count). The van der Waals surface area contributed by atoms with Crippen LogP contribution in [0.1, 0.15) is 43.2 Å². The molecule has 1 aliphatic carbocycles. The van der Waals surface area contributed by atoms with Crippen molar-refractivity contribution >= 4 is 58.1 Å². The molecule has 0 atom stereocenters. The zero-order chi connectivity index (χ0) is 24.2. The zero-order valence-corrected chi connectivity index (χ0v) is 21.5. The lowest BCUT2D eigenvalue weighted by atomic mass is 9.93. The number of rotatable bonds is 6. The number of hydrogen-bond acceptors (Lipinski definition) is 5. The highest BCUT2D eigenvalue weighted by Crippen LogP contribution is 2.36. The number of nitrogens with zero attached hydrogens (tertiary/aromatic N) is 1. The van der Waals surface area contributed by atoms with Crippen molar-refractivity contribution in [2.24, 2.45) is 0 Å². The number of urea groups is 1. The zero-order valence-electron chi connectivity index (χ0n) is 18.6. The molecule has 34 heavy (non-hydrogen) atoms. The molecule has 0 aromatic heterocycles. The van der Waals surface area contributed by atoms with Gasteiger partial charge in [-0.1, -0.05) is 43.0 Å². The fourth-order valence-electron chi connectivity index (χ4n) is 4.21. The lowest BCUT2D eigenvalue weighted by Crippen LogP contribution is -2.58. The van der Waals surface area contributed by atoms with E-state index in [1.807, 2.05) is 12.1 Å². The van der Waals surface area contributed by atoms with Crippen LogP contribution in [-0.4, -0.2) is 35.9 Å². The standard InChI is InChI=1S/C25H24ClIN2O5/c1-33-21-13-16(12-20(27)22(21)34-14-15-7-9-17(26)10-8-15)11-19-23(30)28-25(32)29(24(19)31)18-5-3-2-4-6-18/h7-13,18H,2-6,14H2,1H3,(H,28,30,32). The van der Waals surface area contributed by atoms with Gasteiger partial charge in [0, 0.05) is 11.1 Å². The molecule has 9 heteroatoms. The molecule has 2 aliphatic rings. The first kappa shape index (κ1) is 24.5. The molecule has 1 N–H and O–H groups in total. The van der Waals surface area contributed by atoms with Gasteiger partial charge in [-0.15, -0.1) is 0 Å². The lowest BCUT2D eigenvalue weighted by Gasteiger charge is -2.35. The number of carbonyl (C=O) groups excluding carboxylic acids is 3. The molecular formula is C25H24ClIN2O5. The van der Waals surface area contributed by atoms with Gasteiger partial charge in [0.2, 0.25) is 0 Å². The van der Waals surface area contributed by atoms with E-state index in [4.69, 9.17) is 21.1 Å². The van der Waals surface area contributed by atoms with Gasteiger partial charge in [-0.05, 0) is 76.9 Å². The predicted molar refractivity (Wildman–Crippen MR) is 137 cm³/mol. The van der Waals surface area contributed by atoms with Gasteiger partial charge in [0.1, 0.15) is 12.2 Å². The van der Waals surface area contributed by atoms with E-state index < -0.39 is 17.8 Å². The smallest absolute Gasteiger partial charge is 0.331 e. The van der Waals surface area contributed by atoms with Crippen molar-refractivity contribution in [1.29, 1.82) is 0 Å². The topological polar surface area (TPSA) is 84.9 Å². The van der Waals surface area contributed by atoms with Crippen molar-refractivity contribution in [1.82, 2.24) is 10.2 Å². The second-order valence-corrected chi connectivity index (χ2v) is 9.83. The van der Waals surface area contributed by atoms with Gasteiger partial charge < -0.3 is 9.47 Å². The fourth-order valence-corrected chi connectivity index (χ4v) is 5.12. The average molecular weight is 595 g/mol. The Morgan fingerprint density at radius 3 is 2.50 bits per heavy atom. The van der Waals surface area contributed by atoms with Crippen molar-refractivity contribution in [2.45, 2.75) is 44.8 Å². The van der Waals surface area contributed by atoms with Crippen molar-refractivity contribution in [2.75, 3.05) is 7.11 Å². The molecule has 1 aliphatic heterocycles. The first-order valence-corrected chi connectivity index (χ1v) is 12.5. The number of ether oxygens (including phenoxy) is 2. The molecule has 0 radical (unpaired) electrons.